The van der Waals surface area contributed by atoms with Crippen molar-refractivity contribution in [2.75, 3.05) is 13.2 Å². The molecule has 2 rings (SSSR count). The zero-order valence-corrected chi connectivity index (χ0v) is 12.3. The summed E-state index contributed by atoms with van der Waals surface area (Å²) in [5.41, 5.74) is -1.59. The van der Waals surface area contributed by atoms with E-state index in [0.717, 1.165) is 12.1 Å². The van der Waals surface area contributed by atoms with Crippen LogP contribution in [0.1, 0.15) is 18.4 Å². The lowest BCUT2D eigenvalue weighted by Crippen LogP contribution is -2.32. The van der Waals surface area contributed by atoms with Crippen molar-refractivity contribution in [3.63, 3.8) is 0 Å². The van der Waals surface area contributed by atoms with Crippen LogP contribution in [0.15, 0.2) is 23.1 Å². The topological polar surface area (TPSA) is 66.4 Å². The number of halogens is 4. The average molecular weight is 344 g/mol. The first-order valence-electron chi connectivity index (χ1n) is 6.07. The minimum absolute atomic E-state index is 0.0294. The summed E-state index contributed by atoms with van der Waals surface area (Å²) < 4.78 is 64.3. The van der Waals surface area contributed by atoms with E-state index in [-0.39, 0.29) is 18.2 Å². The maximum atomic E-state index is 12.6. The summed E-state index contributed by atoms with van der Waals surface area (Å²) in [5.74, 6) is 0. The third-order valence-electron chi connectivity index (χ3n) is 3.48. The molecule has 4 nitrogen and oxygen atoms in total. The lowest BCUT2D eigenvalue weighted by atomic mass is 10.1. The molecule has 0 aromatic heterocycles. The number of benzene rings is 1. The minimum atomic E-state index is -4.66. The van der Waals surface area contributed by atoms with Crippen LogP contribution in [0.25, 0.3) is 0 Å². The molecule has 9 heteroatoms. The highest BCUT2D eigenvalue weighted by Crippen LogP contribution is 2.44. The van der Waals surface area contributed by atoms with Gasteiger partial charge in [-0.1, -0.05) is 11.6 Å². The van der Waals surface area contributed by atoms with Crippen LogP contribution >= 0.6 is 11.6 Å². The molecule has 21 heavy (non-hydrogen) atoms. The molecule has 1 aromatic carbocycles. The molecule has 1 aromatic rings. The van der Waals surface area contributed by atoms with Gasteiger partial charge < -0.3 is 5.11 Å². The fourth-order valence-corrected chi connectivity index (χ4v) is 3.46. The second kappa shape index (κ2) is 5.42. The summed E-state index contributed by atoms with van der Waals surface area (Å²) in [6.45, 7) is -0.204. The van der Waals surface area contributed by atoms with Crippen LogP contribution < -0.4 is 4.72 Å². The molecule has 0 aliphatic heterocycles. The summed E-state index contributed by atoms with van der Waals surface area (Å²) in [6.07, 6.45) is -3.32. The number of aliphatic hydroxyl groups is 1. The molecule has 1 aliphatic rings. The Hall–Kier alpha value is -0.830. The zero-order valence-electron chi connectivity index (χ0n) is 10.7. The van der Waals surface area contributed by atoms with Gasteiger partial charge >= 0.3 is 6.18 Å². The number of nitrogens with one attached hydrogen (secondary N) is 1. The Kier molecular flexibility index (Phi) is 4.27. The largest absolute Gasteiger partial charge is 0.416 e. The number of rotatable bonds is 5. The van der Waals surface area contributed by atoms with E-state index in [1.54, 1.807) is 0 Å². The Bertz CT molecular complexity index is 642. The SMILES string of the molecule is O=S(=O)(NCC1(CO)CC1)c1cc(C(F)(F)F)ccc1Cl. The van der Waals surface area contributed by atoms with Gasteiger partial charge in [-0.3, -0.25) is 0 Å². The van der Waals surface area contributed by atoms with E-state index in [2.05, 4.69) is 4.72 Å². The van der Waals surface area contributed by atoms with Crippen molar-refractivity contribution in [3.05, 3.63) is 28.8 Å². The highest BCUT2D eigenvalue weighted by atomic mass is 35.5. The number of alkyl halides is 3. The van der Waals surface area contributed by atoms with E-state index in [1.807, 2.05) is 0 Å². The van der Waals surface area contributed by atoms with Crippen LogP contribution in [0, 0.1) is 5.41 Å². The molecule has 0 saturated heterocycles. The highest BCUT2D eigenvalue weighted by molar-refractivity contribution is 7.89. The molecule has 2 N–H and O–H groups in total. The Morgan fingerprint density at radius 1 is 1.33 bits per heavy atom. The van der Waals surface area contributed by atoms with E-state index in [1.165, 1.54) is 0 Å². The van der Waals surface area contributed by atoms with Crippen molar-refractivity contribution in [2.24, 2.45) is 5.41 Å². The normalized spacial score (nSPS) is 17.8. The van der Waals surface area contributed by atoms with E-state index in [0.29, 0.717) is 18.9 Å². The van der Waals surface area contributed by atoms with Gasteiger partial charge in [0.1, 0.15) is 4.90 Å². The highest BCUT2D eigenvalue weighted by Gasteiger charge is 2.43. The minimum Gasteiger partial charge on any atom is -0.396 e. The zero-order chi connectivity index (χ0) is 15.9. The molecule has 0 radical (unpaired) electrons. The number of hydrogen-bond acceptors (Lipinski definition) is 3. The van der Waals surface area contributed by atoms with E-state index in [4.69, 9.17) is 16.7 Å². The lowest BCUT2D eigenvalue weighted by molar-refractivity contribution is -0.137. The first kappa shape index (κ1) is 16.5. The van der Waals surface area contributed by atoms with Crippen LogP contribution in [-0.2, 0) is 16.2 Å². The third-order valence-corrected chi connectivity index (χ3v) is 5.36. The predicted molar refractivity (Wildman–Crippen MR) is 70.4 cm³/mol. The molecule has 0 bridgehead atoms. The van der Waals surface area contributed by atoms with Gasteiger partial charge in [0, 0.05) is 18.6 Å². The van der Waals surface area contributed by atoms with Crippen LogP contribution in [0.3, 0.4) is 0 Å². The quantitative estimate of drug-likeness (QED) is 0.862. The molecule has 0 spiro atoms. The van der Waals surface area contributed by atoms with Gasteiger partial charge in [-0.15, -0.1) is 0 Å². The summed E-state index contributed by atoms with van der Waals surface area (Å²) >= 11 is 5.69. The fraction of sp³-hybridized carbons (Fsp3) is 0.500. The first-order valence-corrected chi connectivity index (χ1v) is 7.93. The van der Waals surface area contributed by atoms with Gasteiger partial charge in [0.25, 0.3) is 0 Å². The second-order valence-electron chi connectivity index (χ2n) is 5.13. The fourth-order valence-electron chi connectivity index (χ4n) is 1.78. The van der Waals surface area contributed by atoms with Gasteiger partial charge in [0.15, 0.2) is 0 Å². The van der Waals surface area contributed by atoms with E-state index < -0.39 is 32.1 Å². The summed E-state index contributed by atoms with van der Waals surface area (Å²) in [7, 11) is -4.17. The Morgan fingerprint density at radius 2 is 1.95 bits per heavy atom. The van der Waals surface area contributed by atoms with Crippen LogP contribution in [0.4, 0.5) is 13.2 Å². The van der Waals surface area contributed by atoms with Crippen molar-refractivity contribution < 1.29 is 26.7 Å². The molecule has 1 aliphatic carbocycles. The van der Waals surface area contributed by atoms with E-state index in [9.17, 15) is 21.6 Å². The first-order chi connectivity index (χ1) is 9.60. The van der Waals surface area contributed by atoms with Gasteiger partial charge in [-0.05, 0) is 31.0 Å². The maximum Gasteiger partial charge on any atom is 0.416 e. The van der Waals surface area contributed by atoms with Crippen molar-refractivity contribution in [1.82, 2.24) is 4.72 Å². The van der Waals surface area contributed by atoms with Crippen LogP contribution in [0.2, 0.25) is 5.02 Å². The molecule has 0 heterocycles. The van der Waals surface area contributed by atoms with Gasteiger partial charge in [0.05, 0.1) is 10.6 Å². The standard InChI is InChI=1S/C12H13ClF3NO3S/c13-9-2-1-8(12(14,15)16)5-10(9)21(19,20)17-6-11(7-18)3-4-11/h1-2,5,17-18H,3-4,6-7H2. The molecule has 1 saturated carbocycles. The van der Waals surface area contributed by atoms with Gasteiger partial charge in [0.2, 0.25) is 10.0 Å². The summed E-state index contributed by atoms with van der Waals surface area (Å²) in [5, 5.41) is 8.83. The van der Waals surface area contributed by atoms with Crippen molar-refractivity contribution in [1.29, 1.82) is 0 Å². The van der Waals surface area contributed by atoms with Gasteiger partial charge in [-0.2, -0.15) is 13.2 Å². The van der Waals surface area contributed by atoms with Gasteiger partial charge in [-0.25, -0.2) is 13.1 Å². The van der Waals surface area contributed by atoms with Crippen LogP contribution in [-0.4, -0.2) is 26.7 Å². The van der Waals surface area contributed by atoms with E-state index >= 15 is 0 Å². The number of sulfonamides is 1. The summed E-state index contributed by atoms with van der Waals surface area (Å²) in [4.78, 5) is -0.618. The monoisotopic (exact) mass is 343 g/mol. The summed E-state index contributed by atoms with van der Waals surface area (Å²) in [6, 6.07) is 2.12. The second-order valence-corrected chi connectivity index (χ2v) is 7.27. The number of aliphatic hydroxyl groups excluding tert-OH is 1. The van der Waals surface area contributed by atoms with Crippen molar-refractivity contribution in [3.8, 4) is 0 Å². The maximum absolute atomic E-state index is 12.6. The average Bonchev–Trinajstić information content (AvgIpc) is 3.16. The molecular formula is C12H13ClF3NO3S. The smallest absolute Gasteiger partial charge is 0.396 e. The Balaban J connectivity index is 2.27. The molecule has 118 valence electrons. The Labute approximate surface area is 125 Å². The molecule has 0 amide bonds. The molecule has 1 fully saturated rings. The Morgan fingerprint density at radius 3 is 2.43 bits per heavy atom. The molecular weight excluding hydrogens is 331 g/mol. The third kappa shape index (κ3) is 3.68. The van der Waals surface area contributed by atoms with Crippen molar-refractivity contribution in [2.45, 2.75) is 23.9 Å². The predicted octanol–water partition coefficient (Wildman–Crippen LogP) is 2.41. The van der Waals surface area contributed by atoms with Crippen molar-refractivity contribution >= 4 is 21.6 Å². The molecule has 0 unspecified atom stereocenters. The number of hydrogen-bond donors (Lipinski definition) is 2. The van der Waals surface area contributed by atoms with Crippen LogP contribution in [0.5, 0.6) is 0 Å². The lowest BCUT2D eigenvalue weighted by Gasteiger charge is -2.15. The molecule has 0 atom stereocenters.